The molecule has 19 heavy (non-hydrogen) atoms. The molecular formula is C13H9ClN4O. The molecule has 0 atom stereocenters. The molecule has 5 nitrogen and oxygen atoms in total. The Bertz CT molecular complexity index is 753. The van der Waals surface area contributed by atoms with Crippen molar-refractivity contribution in [2.24, 2.45) is 0 Å². The molecule has 2 aromatic heterocycles. The number of hydrogen-bond donors (Lipinski definition) is 1. The standard InChI is InChI=1S/C13H9ClN4O/c14-10-3-1-2-4-11(10)16-13(19)9-5-6-12-17-15-8-18(12)7-9/h1-8H,(H,16,19). The van der Waals surface area contributed by atoms with Crippen LogP contribution < -0.4 is 5.32 Å². The van der Waals surface area contributed by atoms with Crippen molar-refractivity contribution in [2.45, 2.75) is 0 Å². The largest absolute Gasteiger partial charge is 0.321 e. The van der Waals surface area contributed by atoms with Gasteiger partial charge < -0.3 is 5.32 Å². The molecule has 3 rings (SSSR count). The molecule has 0 unspecified atom stereocenters. The number of nitrogens with zero attached hydrogens (tertiary/aromatic N) is 3. The maximum Gasteiger partial charge on any atom is 0.257 e. The molecule has 0 aliphatic carbocycles. The molecule has 1 aromatic carbocycles. The zero-order valence-corrected chi connectivity index (χ0v) is 10.5. The van der Waals surface area contributed by atoms with Gasteiger partial charge in [-0.25, -0.2) is 0 Å². The molecule has 0 spiro atoms. The number of pyridine rings is 1. The van der Waals surface area contributed by atoms with Crippen LogP contribution >= 0.6 is 11.6 Å². The Kier molecular flexibility index (Phi) is 2.89. The third kappa shape index (κ3) is 2.28. The number of para-hydroxylation sites is 1. The van der Waals surface area contributed by atoms with E-state index in [0.717, 1.165) is 0 Å². The van der Waals surface area contributed by atoms with E-state index in [9.17, 15) is 4.79 Å². The van der Waals surface area contributed by atoms with Gasteiger partial charge in [0.25, 0.3) is 5.91 Å². The molecule has 94 valence electrons. The first kappa shape index (κ1) is 11.7. The number of hydrogen-bond acceptors (Lipinski definition) is 3. The first-order valence-corrected chi connectivity index (χ1v) is 5.97. The van der Waals surface area contributed by atoms with E-state index < -0.39 is 0 Å². The number of halogens is 1. The molecule has 0 fully saturated rings. The molecular weight excluding hydrogens is 264 g/mol. The van der Waals surface area contributed by atoms with Gasteiger partial charge in [-0.3, -0.25) is 9.20 Å². The Morgan fingerprint density at radius 3 is 2.89 bits per heavy atom. The maximum absolute atomic E-state index is 12.1. The van der Waals surface area contributed by atoms with Gasteiger partial charge in [-0.15, -0.1) is 10.2 Å². The number of aromatic nitrogens is 3. The van der Waals surface area contributed by atoms with E-state index in [2.05, 4.69) is 15.5 Å². The number of fused-ring (bicyclic) bond motifs is 1. The fourth-order valence-corrected chi connectivity index (χ4v) is 1.90. The Morgan fingerprint density at radius 2 is 2.05 bits per heavy atom. The summed E-state index contributed by atoms with van der Waals surface area (Å²) in [5.74, 6) is -0.233. The normalized spacial score (nSPS) is 10.6. The van der Waals surface area contributed by atoms with Crippen molar-refractivity contribution in [2.75, 3.05) is 5.32 Å². The topological polar surface area (TPSA) is 59.3 Å². The van der Waals surface area contributed by atoms with Crippen molar-refractivity contribution in [3.63, 3.8) is 0 Å². The van der Waals surface area contributed by atoms with Gasteiger partial charge in [0.15, 0.2) is 5.65 Å². The summed E-state index contributed by atoms with van der Waals surface area (Å²) in [6.45, 7) is 0. The fraction of sp³-hybridized carbons (Fsp3) is 0. The maximum atomic E-state index is 12.1. The second-order valence-corrected chi connectivity index (χ2v) is 4.36. The summed E-state index contributed by atoms with van der Waals surface area (Å²) in [5, 5.41) is 10.9. The number of rotatable bonds is 2. The highest BCUT2D eigenvalue weighted by atomic mass is 35.5. The third-order valence-electron chi connectivity index (χ3n) is 2.68. The predicted molar refractivity (Wildman–Crippen MR) is 72.4 cm³/mol. The molecule has 0 saturated carbocycles. The van der Waals surface area contributed by atoms with Gasteiger partial charge in [0.05, 0.1) is 16.3 Å². The van der Waals surface area contributed by atoms with Gasteiger partial charge in [-0.2, -0.15) is 0 Å². The summed E-state index contributed by atoms with van der Waals surface area (Å²) in [6.07, 6.45) is 3.21. The number of carbonyl (C=O) groups excluding carboxylic acids is 1. The molecule has 0 aliphatic rings. The summed E-state index contributed by atoms with van der Waals surface area (Å²) in [4.78, 5) is 12.1. The van der Waals surface area contributed by atoms with Gasteiger partial charge in [0, 0.05) is 6.20 Å². The van der Waals surface area contributed by atoms with E-state index in [1.54, 1.807) is 47.3 Å². The minimum absolute atomic E-state index is 0.233. The van der Waals surface area contributed by atoms with Crippen LogP contribution in [0.25, 0.3) is 5.65 Å². The van der Waals surface area contributed by atoms with Crippen LogP contribution in [0.2, 0.25) is 5.02 Å². The van der Waals surface area contributed by atoms with Crippen molar-refractivity contribution in [1.29, 1.82) is 0 Å². The van der Waals surface area contributed by atoms with E-state index >= 15 is 0 Å². The minimum Gasteiger partial charge on any atom is -0.321 e. The summed E-state index contributed by atoms with van der Waals surface area (Å²) in [7, 11) is 0. The SMILES string of the molecule is O=C(Nc1ccccc1Cl)c1ccc2nncn2c1. The highest BCUT2D eigenvalue weighted by Gasteiger charge is 2.09. The Labute approximate surface area is 113 Å². The van der Waals surface area contributed by atoms with Gasteiger partial charge in [-0.05, 0) is 24.3 Å². The lowest BCUT2D eigenvalue weighted by molar-refractivity contribution is 0.102. The van der Waals surface area contributed by atoms with E-state index in [-0.39, 0.29) is 5.91 Å². The lowest BCUT2D eigenvalue weighted by Crippen LogP contribution is -2.12. The zero-order chi connectivity index (χ0) is 13.2. The van der Waals surface area contributed by atoms with Crippen LogP contribution in [0, 0.1) is 0 Å². The molecule has 1 amide bonds. The smallest absolute Gasteiger partial charge is 0.257 e. The highest BCUT2D eigenvalue weighted by molar-refractivity contribution is 6.33. The average molecular weight is 273 g/mol. The van der Waals surface area contributed by atoms with Crippen LogP contribution in [0.5, 0.6) is 0 Å². The van der Waals surface area contributed by atoms with E-state index in [1.165, 1.54) is 0 Å². The van der Waals surface area contributed by atoms with E-state index in [4.69, 9.17) is 11.6 Å². The molecule has 0 bridgehead atoms. The minimum atomic E-state index is -0.233. The van der Waals surface area contributed by atoms with Crippen LogP contribution in [0.4, 0.5) is 5.69 Å². The molecule has 3 aromatic rings. The lowest BCUT2D eigenvalue weighted by Gasteiger charge is -2.07. The third-order valence-corrected chi connectivity index (χ3v) is 3.00. The number of anilines is 1. The Hall–Kier alpha value is -2.40. The molecule has 0 radical (unpaired) electrons. The highest BCUT2D eigenvalue weighted by Crippen LogP contribution is 2.21. The molecule has 0 aliphatic heterocycles. The molecule has 6 heteroatoms. The monoisotopic (exact) mass is 272 g/mol. The van der Waals surface area contributed by atoms with Gasteiger partial charge in [-0.1, -0.05) is 23.7 Å². The van der Waals surface area contributed by atoms with Gasteiger partial charge in [0.1, 0.15) is 6.33 Å². The quantitative estimate of drug-likeness (QED) is 0.780. The predicted octanol–water partition coefficient (Wildman–Crippen LogP) is 2.64. The first-order chi connectivity index (χ1) is 9.24. The Balaban J connectivity index is 1.89. The number of carbonyl (C=O) groups is 1. The fourth-order valence-electron chi connectivity index (χ4n) is 1.72. The second kappa shape index (κ2) is 4.70. The van der Waals surface area contributed by atoms with Crippen LogP contribution in [-0.2, 0) is 0 Å². The van der Waals surface area contributed by atoms with Crippen molar-refractivity contribution in [3.05, 3.63) is 59.5 Å². The van der Waals surface area contributed by atoms with Crippen molar-refractivity contribution in [3.8, 4) is 0 Å². The first-order valence-electron chi connectivity index (χ1n) is 5.59. The van der Waals surface area contributed by atoms with Crippen molar-refractivity contribution < 1.29 is 4.79 Å². The van der Waals surface area contributed by atoms with Crippen molar-refractivity contribution >= 4 is 28.8 Å². The Morgan fingerprint density at radius 1 is 1.21 bits per heavy atom. The molecule has 2 heterocycles. The van der Waals surface area contributed by atoms with Crippen molar-refractivity contribution in [1.82, 2.24) is 14.6 Å². The van der Waals surface area contributed by atoms with E-state index in [0.29, 0.717) is 21.9 Å². The molecule has 1 N–H and O–H groups in total. The second-order valence-electron chi connectivity index (χ2n) is 3.95. The molecule has 0 saturated heterocycles. The van der Waals surface area contributed by atoms with Crippen LogP contribution in [0.1, 0.15) is 10.4 Å². The van der Waals surface area contributed by atoms with Gasteiger partial charge >= 0.3 is 0 Å². The number of amides is 1. The lowest BCUT2D eigenvalue weighted by atomic mass is 10.2. The number of benzene rings is 1. The summed E-state index contributed by atoms with van der Waals surface area (Å²) < 4.78 is 1.68. The van der Waals surface area contributed by atoms with Gasteiger partial charge in [0.2, 0.25) is 0 Å². The van der Waals surface area contributed by atoms with Crippen LogP contribution in [-0.4, -0.2) is 20.5 Å². The average Bonchev–Trinajstić information content (AvgIpc) is 2.88. The van der Waals surface area contributed by atoms with Crippen LogP contribution in [0.15, 0.2) is 48.9 Å². The summed E-state index contributed by atoms with van der Waals surface area (Å²) >= 11 is 5.99. The van der Waals surface area contributed by atoms with Crippen LogP contribution in [0.3, 0.4) is 0 Å². The summed E-state index contributed by atoms with van der Waals surface area (Å²) in [6, 6.07) is 10.5. The summed E-state index contributed by atoms with van der Waals surface area (Å²) in [5.41, 5.74) is 1.78. The number of nitrogens with one attached hydrogen (secondary N) is 1. The van der Waals surface area contributed by atoms with E-state index in [1.807, 2.05) is 6.07 Å². The zero-order valence-electron chi connectivity index (χ0n) is 9.75.